The molecule has 0 amide bonds. The van der Waals surface area contributed by atoms with Crippen LogP contribution in [0.5, 0.6) is 0 Å². The minimum atomic E-state index is -0.494. The molecule has 4 heteroatoms. The van der Waals surface area contributed by atoms with Gasteiger partial charge in [0.1, 0.15) is 0 Å². The van der Waals surface area contributed by atoms with Gasteiger partial charge in [0.2, 0.25) is 5.95 Å². The highest BCUT2D eigenvalue weighted by Crippen LogP contribution is 2.32. The predicted molar refractivity (Wildman–Crippen MR) is 49.2 cm³/mol. The zero-order valence-corrected chi connectivity index (χ0v) is 7.86. The molecule has 1 aromatic rings. The lowest BCUT2D eigenvalue weighted by Gasteiger charge is -2.25. The van der Waals surface area contributed by atoms with E-state index in [1.807, 2.05) is 0 Å². The largest absolute Gasteiger partial charge is 0.393 e. The van der Waals surface area contributed by atoms with Gasteiger partial charge < -0.3 is 5.11 Å². The van der Waals surface area contributed by atoms with Crippen LogP contribution in [0.25, 0.3) is 0 Å². The van der Waals surface area contributed by atoms with Gasteiger partial charge in [0.15, 0.2) is 0 Å². The lowest BCUT2D eigenvalue weighted by Crippen LogP contribution is -2.20. The van der Waals surface area contributed by atoms with E-state index in [0.717, 1.165) is 19.3 Å². The first-order valence-corrected chi connectivity index (χ1v) is 4.92. The molecule has 76 valence electrons. The van der Waals surface area contributed by atoms with Gasteiger partial charge in [0.25, 0.3) is 0 Å². The molecule has 0 saturated heterocycles. The average molecular weight is 196 g/mol. The van der Waals surface area contributed by atoms with Crippen molar-refractivity contribution < 1.29 is 9.50 Å². The minimum Gasteiger partial charge on any atom is -0.393 e. The maximum absolute atomic E-state index is 13.2. The topological polar surface area (TPSA) is 46.0 Å². The SMILES string of the molecule is OC1CCC[C@H](c2nccnc2F)C1. The van der Waals surface area contributed by atoms with Gasteiger partial charge in [0.05, 0.1) is 11.8 Å². The maximum atomic E-state index is 13.2. The van der Waals surface area contributed by atoms with E-state index < -0.39 is 5.95 Å². The van der Waals surface area contributed by atoms with Crippen LogP contribution in [-0.4, -0.2) is 21.2 Å². The van der Waals surface area contributed by atoms with Gasteiger partial charge in [-0.3, -0.25) is 4.98 Å². The Bertz CT molecular complexity index is 319. The fourth-order valence-corrected chi connectivity index (χ4v) is 2.02. The summed E-state index contributed by atoms with van der Waals surface area (Å²) in [6, 6.07) is 0. The van der Waals surface area contributed by atoms with Crippen molar-refractivity contribution in [2.75, 3.05) is 0 Å². The highest BCUT2D eigenvalue weighted by molar-refractivity contribution is 5.07. The molecule has 0 aliphatic heterocycles. The Morgan fingerprint density at radius 2 is 2.07 bits per heavy atom. The molecule has 0 radical (unpaired) electrons. The standard InChI is InChI=1S/C10H13FN2O/c11-10-9(12-4-5-13-10)7-2-1-3-8(14)6-7/h4-5,7-8,14H,1-3,6H2/t7-,8?/m0/s1. The lowest BCUT2D eigenvalue weighted by molar-refractivity contribution is 0.117. The molecular formula is C10H13FN2O. The van der Waals surface area contributed by atoms with Crippen molar-refractivity contribution in [3.05, 3.63) is 24.0 Å². The third kappa shape index (κ3) is 1.90. The summed E-state index contributed by atoms with van der Waals surface area (Å²) in [5, 5.41) is 9.46. The number of halogens is 1. The molecule has 1 unspecified atom stereocenters. The van der Waals surface area contributed by atoms with Gasteiger partial charge >= 0.3 is 0 Å². The Kier molecular flexibility index (Phi) is 2.72. The second kappa shape index (κ2) is 4.00. The number of rotatable bonds is 1. The molecule has 1 aromatic heterocycles. The Balaban J connectivity index is 2.18. The van der Waals surface area contributed by atoms with Gasteiger partial charge in [-0.1, -0.05) is 6.42 Å². The second-order valence-electron chi connectivity index (χ2n) is 3.75. The van der Waals surface area contributed by atoms with Crippen molar-refractivity contribution in [3.63, 3.8) is 0 Å². The van der Waals surface area contributed by atoms with Crippen LogP contribution in [0.2, 0.25) is 0 Å². The van der Waals surface area contributed by atoms with Crippen molar-refractivity contribution in [1.82, 2.24) is 9.97 Å². The molecule has 1 heterocycles. The maximum Gasteiger partial charge on any atom is 0.234 e. The normalized spacial score (nSPS) is 27.6. The molecule has 1 aliphatic rings. The van der Waals surface area contributed by atoms with E-state index in [4.69, 9.17) is 0 Å². The van der Waals surface area contributed by atoms with E-state index in [2.05, 4.69) is 9.97 Å². The van der Waals surface area contributed by atoms with Crippen molar-refractivity contribution in [1.29, 1.82) is 0 Å². The van der Waals surface area contributed by atoms with Gasteiger partial charge in [-0.25, -0.2) is 4.98 Å². The highest BCUT2D eigenvalue weighted by atomic mass is 19.1. The van der Waals surface area contributed by atoms with E-state index >= 15 is 0 Å². The summed E-state index contributed by atoms with van der Waals surface area (Å²) in [5.74, 6) is -0.459. The molecule has 2 atom stereocenters. The number of hydrogen-bond acceptors (Lipinski definition) is 3. The summed E-state index contributed by atoms with van der Waals surface area (Å²) < 4.78 is 13.2. The minimum absolute atomic E-state index is 0.0347. The number of nitrogens with zero attached hydrogens (tertiary/aromatic N) is 2. The Labute approximate surface area is 82.0 Å². The van der Waals surface area contributed by atoms with Crippen LogP contribution in [-0.2, 0) is 0 Å². The molecule has 1 aliphatic carbocycles. The van der Waals surface area contributed by atoms with E-state index in [9.17, 15) is 9.50 Å². The summed E-state index contributed by atoms with van der Waals surface area (Å²) in [6.45, 7) is 0. The lowest BCUT2D eigenvalue weighted by atomic mass is 9.85. The molecule has 0 aromatic carbocycles. The van der Waals surface area contributed by atoms with Gasteiger partial charge in [0, 0.05) is 18.3 Å². The molecule has 2 rings (SSSR count). The Hall–Kier alpha value is -1.03. The van der Waals surface area contributed by atoms with Crippen molar-refractivity contribution >= 4 is 0 Å². The molecule has 0 bridgehead atoms. The third-order valence-electron chi connectivity index (χ3n) is 2.71. The number of aliphatic hydroxyl groups excluding tert-OH is 1. The predicted octanol–water partition coefficient (Wildman–Crippen LogP) is 1.63. The fraction of sp³-hybridized carbons (Fsp3) is 0.600. The highest BCUT2D eigenvalue weighted by Gasteiger charge is 2.25. The number of aliphatic hydroxyl groups is 1. The van der Waals surface area contributed by atoms with Crippen molar-refractivity contribution in [2.45, 2.75) is 37.7 Å². The van der Waals surface area contributed by atoms with Crippen LogP contribution in [0.3, 0.4) is 0 Å². The zero-order valence-electron chi connectivity index (χ0n) is 7.86. The first kappa shape index (κ1) is 9.52. The van der Waals surface area contributed by atoms with Crippen molar-refractivity contribution in [2.24, 2.45) is 0 Å². The number of hydrogen-bond donors (Lipinski definition) is 1. The molecule has 1 saturated carbocycles. The van der Waals surface area contributed by atoms with Crippen LogP contribution >= 0.6 is 0 Å². The van der Waals surface area contributed by atoms with Crippen LogP contribution in [0, 0.1) is 5.95 Å². The molecule has 3 nitrogen and oxygen atoms in total. The molecule has 1 N–H and O–H groups in total. The Morgan fingerprint density at radius 3 is 2.79 bits per heavy atom. The van der Waals surface area contributed by atoms with E-state index in [1.165, 1.54) is 12.4 Å². The summed E-state index contributed by atoms with van der Waals surface area (Å²) in [5.41, 5.74) is 0.409. The van der Waals surface area contributed by atoms with E-state index in [0.29, 0.717) is 12.1 Å². The molecule has 0 spiro atoms. The van der Waals surface area contributed by atoms with E-state index in [-0.39, 0.29) is 12.0 Å². The molecule has 14 heavy (non-hydrogen) atoms. The summed E-state index contributed by atoms with van der Waals surface area (Å²) >= 11 is 0. The summed E-state index contributed by atoms with van der Waals surface area (Å²) in [6.07, 6.45) is 5.79. The summed E-state index contributed by atoms with van der Waals surface area (Å²) in [7, 11) is 0. The van der Waals surface area contributed by atoms with Gasteiger partial charge in [-0.15, -0.1) is 0 Å². The first-order valence-electron chi connectivity index (χ1n) is 4.92. The first-order chi connectivity index (χ1) is 6.77. The summed E-state index contributed by atoms with van der Waals surface area (Å²) in [4.78, 5) is 7.56. The fourth-order valence-electron chi connectivity index (χ4n) is 2.02. The quantitative estimate of drug-likeness (QED) is 0.742. The van der Waals surface area contributed by atoms with Crippen LogP contribution in [0.1, 0.15) is 37.3 Å². The molecule has 1 fully saturated rings. The van der Waals surface area contributed by atoms with Crippen LogP contribution in [0.4, 0.5) is 4.39 Å². The van der Waals surface area contributed by atoms with Crippen LogP contribution in [0.15, 0.2) is 12.4 Å². The second-order valence-corrected chi connectivity index (χ2v) is 3.75. The van der Waals surface area contributed by atoms with E-state index in [1.54, 1.807) is 0 Å². The number of aromatic nitrogens is 2. The monoisotopic (exact) mass is 196 g/mol. The smallest absolute Gasteiger partial charge is 0.234 e. The average Bonchev–Trinajstić information content (AvgIpc) is 2.18. The third-order valence-corrected chi connectivity index (χ3v) is 2.71. The van der Waals surface area contributed by atoms with Crippen LogP contribution < -0.4 is 0 Å². The zero-order chi connectivity index (χ0) is 9.97. The Morgan fingerprint density at radius 1 is 1.29 bits per heavy atom. The van der Waals surface area contributed by atoms with Gasteiger partial charge in [-0.2, -0.15) is 4.39 Å². The van der Waals surface area contributed by atoms with Gasteiger partial charge in [-0.05, 0) is 19.3 Å². The molecular weight excluding hydrogens is 183 g/mol. The van der Waals surface area contributed by atoms with Crippen molar-refractivity contribution in [3.8, 4) is 0 Å².